The maximum atomic E-state index is 11.0. The average molecular weight is 322 g/mol. The van der Waals surface area contributed by atoms with Gasteiger partial charge in [-0.15, -0.1) is 0 Å². The van der Waals surface area contributed by atoms with Crippen LogP contribution < -0.4 is 10.8 Å². The van der Waals surface area contributed by atoms with E-state index in [2.05, 4.69) is 10.8 Å². The van der Waals surface area contributed by atoms with Crippen LogP contribution in [0.15, 0.2) is 30.3 Å². The molecule has 1 aromatic rings. The Balaban J connectivity index is 1.80. The third-order valence-electron chi connectivity index (χ3n) is 4.17. The third-order valence-corrected chi connectivity index (χ3v) is 4.17. The molecule has 2 atom stereocenters. The molecule has 0 unspecified atom stereocenters. The Kier molecular flexibility index (Phi) is 7.32. The molecular formula is C17H26N2O4. The normalized spacial score (nSPS) is 18.3. The van der Waals surface area contributed by atoms with Crippen molar-refractivity contribution in [2.75, 3.05) is 6.54 Å². The van der Waals surface area contributed by atoms with E-state index in [1.165, 1.54) is 19.3 Å². The van der Waals surface area contributed by atoms with Gasteiger partial charge in [-0.3, -0.25) is 4.84 Å². The van der Waals surface area contributed by atoms with Crippen molar-refractivity contribution in [3.63, 3.8) is 0 Å². The lowest BCUT2D eigenvalue weighted by atomic mass is 9.98. The largest absolute Gasteiger partial charge is 0.465 e. The number of rotatable bonds is 8. The quantitative estimate of drug-likeness (QED) is 0.550. The molecule has 128 valence electrons. The minimum atomic E-state index is -1.14. The first-order chi connectivity index (χ1) is 11.1. The molecule has 1 aromatic carbocycles. The van der Waals surface area contributed by atoms with Gasteiger partial charge in [0.05, 0.1) is 18.2 Å². The van der Waals surface area contributed by atoms with E-state index < -0.39 is 18.2 Å². The summed E-state index contributed by atoms with van der Waals surface area (Å²) in [6, 6.07) is 8.93. The number of carboxylic acid groups (broad SMARTS) is 1. The summed E-state index contributed by atoms with van der Waals surface area (Å²) >= 11 is 0. The smallest absolute Gasteiger partial charge is 0.404 e. The maximum Gasteiger partial charge on any atom is 0.404 e. The zero-order chi connectivity index (χ0) is 16.5. The first-order valence-electron chi connectivity index (χ1n) is 8.25. The minimum absolute atomic E-state index is 0.189. The Morgan fingerprint density at radius 1 is 1.22 bits per heavy atom. The highest BCUT2D eigenvalue weighted by Gasteiger charge is 2.22. The molecule has 4 N–H and O–H groups in total. The van der Waals surface area contributed by atoms with Gasteiger partial charge in [0.2, 0.25) is 0 Å². The van der Waals surface area contributed by atoms with Crippen molar-refractivity contribution in [3.05, 3.63) is 35.9 Å². The second-order valence-electron chi connectivity index (χ2n) is 6.04. The molecular weight excluding hydrogens is 296 g/mol. The number of carbonyl (C=O) groups is 1. The van der Waals surface area contributed by atoms with Crippen LogP contribution in [0.3, 0.4) is 0 Å². The molecule has 0 aliphatic heterocycles. The molecule has 2 rings (SSSR count). The Hall–Kier alpha value is -1.63. The Morgan fingerprint density at radius 2 is 1.91 bits per heavy atom. The maximum absolute atomic E-state index is 11.0. The highest BCUT2D eigenvalue weighted by atomic mass is 16.7. The number of benzene rings is 1. The molecule has 0 saturated heterocycles. The van der Waals surface area contributed by atoms with Gasteiger partial charge < -0.3 is 15.5 Å². The van der Waals surface area contributed by atoms with Gasteiger partial charge in [0.15, 0.2) is 0 Å². The highest BCUT2D eigenvalue weighted by Crippen LogP contribution is 2.19. The van der Waals surface area contributed by atoms with Crippen LogP contribution >= 0.6 is 0 Å². The topological polar surface area (TPSA) is 90.8 Å². The van der Waals surface area contributed by atoms with Crippen LogP contribution in [0.1, 0.15) is 37.7 Å². The highest BCUT2D eigenvalue weighted by molar-refractivity contribution is 5.65. The molecule has 6 heteroatoms. The van der Waals surface area contributed by atoms with Gasteiger partial charge in [0.25, 0.3) is 0 Å². The lowest BCUT2D eigenvalue weighted by Gasteiger charge is -2.26. The van der Waals surface area contributed by atoms with E-state index in [0.29, 0.717) is 6.42 Å². The number of aliphatic hydroxyl groups excluding tert-OH is 1. The number of hydrogen-bond donors (Lipinski definition) is 4. The van der Waals surface area contributed by atoms with Crippen molar-refractivity contribution in [2.45, 2.75) is 56.8 Å². The second-order valence-corrected chi connectivity index (χ2v) is 6.04. The van der Waals surface area contributed by atoms with Crippen molar-refractivity contribution < 1.29 is 19.8 Å². The van der Waals surface area contributed by atoms with Crippen LogP contribution in [0, 0.1) is 0 Å². The summed E-state index contributed by atoms with van der Waals surface area (Å²) in [5.74, 6) is 0. The van der Waals surface area contributed by atoms with Crippen LogP contribution in [0.2, 0.25) is 0 Å². The minimum Gasteiger partial charge on any atom is -0.465 e. The van der Waals surface area contributed by atoms with Crippen LogP contribution in [-0.4, -0.2) is 41.1 Å². The molecule has 0 aromatic heterocycles. The van der Waals surface area contributed by atoms with Crippen molar-refractivity contribution in [1.82, 2.24) is 10.8 Å². The van der Waals surface area contributed by atoms with E-state index in [4.69, 9.17) is 9.94 Å². The second kappa shape index (κ2) is 9.50. The fourth-order valence-electron chi connectivity index (χ4n) is 2.89. The predicted octanol–water partition coefficient (Wildman–Crippen LogP) is 2.08. The van der Waals surface area contributed by atoms with E-state index >= 15 is 0 Å². The van der Waals surface area contributed by atoms with E-state index in [1.54, 1.807) is 0 Å². The fourth-order valence-corrected chi connectivity index (χ4v) is 2.89. The first-order valence-corrected chi connectivity index (χ1v) is 8.25. The summed E-state index contributed by atoms with van der Waals surface area (Å²) in [4.78, 5) is 16.5. The molecule has 0 heterocycles. The zero-order valence-electron chi connectivity index (χ0n) is 13.3. The van der Waals surface area contributed by atoms with Crippen LogP contribution in [-0.2, 0) is 11.3 Å². The van der Waals surface area contributed by atoms with Gasteiger partial charge >= 0.3 is 6.09 Å². The van der Waals surface area contributed by atoms with Gasteiger partial charge in [0, 0.05) is 6.54 Å². The van der Waals surface area contributed by atoms with Gasteiger partial charge in [-0.25, -0.2) is 4.79 Å². The monoisotopic (exact) mass is 322 g/mol. The molecule has 1 amide bonds. The summed E-state index contributed by atoms with van der Waals surface area (Å²) in [6.45, 7) is 0.189. The number of amides is 1. The third kappa shape index (κ3) is 6.56. The Bertz CT molecular complexity index is 463. The molecule has 6 nitrogen and oxygen atoms in total. The predicted molar refractivity (Wildman–Crippen MR) is 87.1 cm³/mol. The molecule has 0 bridgehead atoms. The molecule has 1 fully saturated rings. The SMILES string of the molecule is O=C(O)N[C@@H](Cc1ccccc1)[C@@H](O)CNOC1CCCCC1. The zero-order valence-corrected chi connectivity index (χ0v) is 13.3. The average Bonchev–Trinajstić information content (AvgIpc) is 2.56. The lowest BCUT2D eigenvalue weighted by molar-refractivity contribution is -0.0581. The molecule has 23 heavy (non-hydrogen) atoms. The number of nitrogens with one attached hydrogen (secondary N) is 2. The van der Waals surface area contributed by atoms with Crippen LogP contribution in [0.4, 0.5) is 4.79 Å². The van der Waals surface area contributed by atoms with E-state index in [9.17, 15) is 9.90 Å². The van der Waals surface area contributed by atoms with Gasteiger partial charge in [-0.1, -0.05) is 49.6 Å². The fraction of sp³-hybridized carbons (Fsp3) is 0.588. The van der Waals surface area contributed by atoms with Crippen molar-refractivity contribution in [1.29, 1.82) is 0 Å². The van der Waals surface area contributed by atoms with Gasteiger partial charge in [-0.2, -0.15) is 5.48 Å². The number of hydroxylamine groups is 1. The van der Waals surface area contributed by atoms with Gasteiger partial charge in [0.1, 0.15) is 0 Å². The molecule has 1 saturated carbocycles. The standard InChI is InChI=1S/C17H26N2O4/c20-16(12-18-23-14-9-5-2-6-10-14)15(19-17(21)22)11-13-7-3-1-4-8-13/h1,3-4,7-8,14-16,18-20H,2,5-6,9-12H2,(H,21,22)/t15-,16-/m0/s1. The van der Waals surface area contributed by atoms with Crippen LogP contribution in [0.25, 0.3) is 0 Å². The summed E-state index contributed by atoms with van der Waals surface area (Å²) in [5, 5.41) is 21.6. The van der Waals surface area contributed by atoms with E-state index in [1.807, 2.05) is 30.3 Å². The van der Waals surface area contributed by atoms with Crippen molar-refractivity contribution in [2.24, 2.45) is 0 Å². The molecule has 0 radical (unpaired) electrons. The molecule has 1 aliphatic rings. The van der Waals surface area contributed by atoms with Crippen molar-refractivity contribution in [3.8, 4) is 0 Å². The Morgan fingerprint density at radius 3 is 2.57 bits per heavy atom. The Labute approximate surface area is 136 Å². The first kappa shape index (κ1) is 17.7. The summed E-state index contributed by atoms with van der Waals surface area (Å²) in [7, 11) is 0. The van der Waals surface area contributed by atoms with E-state index in [-0.39, 0.29) is 12.6 Å². The summed E-state index contributed by atoms with van der Waals surface area (Å²) in [5.41, 5.74) is 3.78. The van der Waals surface area contributed by atoms with Crippen molar-refractivity contribution >= 4 is 6.09 Å². The lowest BCUT2D eigenvalue weighted by Crippen LogP contribution is -2.48. The molecule has 0 spiro atoms. The van der Waals surface area contributed by atoms with Crippen LogP contribution in [0.5, 0.6) is 0 Å². The number of hydrogen-bond acceptors (Lipinski definition) is 4. The molecule has 1 aliphatic carbocycles. The number of aliphatic hydroxyl groups is 1. The van der Waals surface area contributed by atoms with E-state index in [0.717, 1.165) is 18.4 Å². The summed E-state index contributed by atoms with van der Waals surface area (Å²) in [6.07, 6.45) is 4.28. The summed E-state index contributed by atoms with van der Waals surface area (Å²) < 4.78 is 0. The van der Waals surface area contributed by atoms with Gasteiger partial charge in [-0.05, 0) is 24.8 Å².